The Balaban J connectivity index is 2.12. The molecule has 1 atom stereocenters. The Bertz CT molecular complexity index is 457. The smallest absolute Gasteiger partial charge is 0.233 e. The monoisotopic (exact) mass is 264 g/mol. The molecule has 2 aromatic rings. The molecule has 0 saturated heterocycles. The number of aromatic nitrogens is 3. The van der Waals surface area contributed by atoms with Gasteiger partial charge in [-0.15, -0.1) is 16.4 Å². The molecule has 96 valence electrons. The van der Waals surface area contributed by atoms with E-state index in [2.05, 4.69) is 27.4 Å². The topological polar surface area (TPSA) is 59.9 Å². The first-order valence-corrected chi connectivity index (χ1v) is 6.69. The Kier molecular flexibility index (Phi) is 4.60. The van der Waals surface area contributed by atoms with Crippen LogP contribution in [0.5, 0.6) is 5.88 Å². The zero-order chi connectivity index (χ0) is 12.8. The quantitative estimate of drug-likeness (QED) is 0.862. The summed E-state index contributed by atoms with van der Waals surface area (Å²) in [5.41, 5.74) is 2.77. The van der Waals surface area contributed by atoms with Crippen LogP contribution in [0.4, 0.5) is 0 Å². The first kappa shape index (κ1) is 12.9. The van der Waals surface area contributed by atoms with E-state index in [1.165, 1.54) is 4.88 Å². The average Bonchev–Trinajstić information content (AvgIpc) is 2.91. The van der Waals surface area contributed by atoms with Gasteiger partial charge in [0.05, 0.1) is 24.4 Å². The highest BCUT2D eigenvalue weighted by molar-refractivity contribution is 7.09. The number of hydrogen-bond acceptors (Lipinski definition) is 6. The fraction of sp³-hybridized carbons (Fsp3) is 0.417. The van der Waals surface area contributed by atoms with E-state index in [-0.39, 0.29) is 6.04 Å². The second-order valence-corrected chi connectivity index (χ2v) is 4.75. The molecule has 0 amide bonds. The number of thiazole rings is 1. The van der Waals surface area contributed by atoms with Crippen LogP contribution in [0.2, 0.25) is 0 Å². The summed E-state index contributed by atoms with van der Waals surface area (Å²) in [4.78, 5) is 5.33. The van der Waals surface area contributed by atoms with Crippen LogP contribution in [0, 0.1) is 0 Å². The number of methoxy groups -OCH3 is 1. The summed E-state index contributed by atoms with van der Waals surface area (Å²) in [5, 5.41) is 11.6. The molecule has 18 heavy (non-hydrogen) atoms. The predicted octanol–water partition coefficient (Wildman–Crippen LogP) is 1.83. The van der Waals surface area contributed by atoms with Crippen molar-refractivity contribution in [3.63, 3.8) is 0 Å². The van der Waals surface area contributed by atoms with Gasteiger partial charge in [0, 0.05) is 23.6 Å². The third-order valence-electron chi connectivity index (χ3n) is 2.57. The summed E-state index contributed by atoms with van der Waals surface area (Å²) in [6.07, 6.45) is 2.77. The predicted molar refractivity (Wildman–Crippen MR) is 70.8 cm³/mol. The van der Waals surface area contributed by atoms with Crippen molar-refractivity contribution in [1.82, 2.24) is 20.5 Å². The molecule has 6 heteroatoms. The fourth-order valence-electron chi connectivity index (χ4n) is 1.70. The van der Waals surface area contributed by atoms with E-state index in [0.29, 0.717) is 5.88 Å². The number of likely N-dealkylation sites (N-methyl/N-ethyl adjacent to an activating group) is 1. The zero-order valence-corrected chi connectivity index (χ0v) is 11.3. The molecule has 0 aliphatic carbocycles. The van der Waals surface area contributed by atoms with Crippen molar-refractivity contribution >= 4 is 11.3 Å². The molecule has 0 fully saturated rings. The standard InChI is InChI=1S/C12H16N4OS/c1-3-14-11(6-9-7-13-8-18-9)10-4-5-12(17-2)16-15-10/h4-5,7-8,11,14H,3,6H2,1-2H3. The van der Waals surface area contributed by atoms with Crippen molar-refractivity contribution in [1.29, 1.82) is 0 Å². The van der Waals surface area contributed by atoms with Crippen LogP contribution in [0.3, 0.4) is 0 Å². The second-order valence-electron chi connectivity index (χ2n) is 3.78. The van der Waals surface area contributed by atoms with Gasteiger partial charge in [0.1, 0.15) is 0 Å². The highest BCUT2D eigenvalue weighted by Crippen LogP contribution is 2.19. The van der Waals surface area contributed by atoms with Crippen LogP contribution < -0.4 is 10.1 Å². The molecule has 5 nitrogen and oxygen atoms in total. The molecule has 0 aliphatic rings. The van der Waals surface area contributed by atoms with Crippen LogP contribution in [0.25, 0.3) is 0 Å². The molecule has 1 unspecified atom stereocenters. The van der Waals surface area contributed by atoms with Gasteiger partial charge in [0.25, 0.3) is 0 Å². The van der Waals surface area contributed by atoms with Gasteiger partial charge in [-0.05, 0) is 12.6 Å². The summed E-state index contributed by atoms with van der Waals surface area (Å²) in [6.45, 7) is 2.97. The van der Waals surface area contributed by atoms with E-state index in [4.69, 9.17) is 4.74 Å². The van der Waals surface area contributed by atoms with E-state index in [1.54, 1.807) is 18.4 Å². The molecular weight excluding hydrogens is 248 g/mol. The van der Waals surface area contributed by atoms with Crippen LogP contribution in [0.15, 0.2) is 23.8 Å². The third-order valence-corrected chi connectivity index (χ3v) is 3.37. The van der Waals surface area contributed by atoms with Crippen molar-refractivity contribution in [2.45, 2.75) is 19.4 Å². The summed E-state index contributed by atoms with van der Waals surface area (Å²) >= 11 is 1.66. The van der Waals surface area contributed by atoms with Crippen molar-refractivity contribution in [2.75, 3.05) is 13.7 Å². The van der Waals surface area contributed by atoms with Crippen LogP contribution in [-0.2, 0) is 6.42 Å². The van der Waals surface area contributed by atoms with Crippen molar-refractivity contribution in [3.05, 3.63) is 34.4 Å². The highest BCUT2D eigenvalue weighted by atomic mass is 32.1. The van der Waals surface area contributed by atoms with E-state index >= 15 is 0 Å². The lowest BCUT2D eigenvalue weighted by molar-refractivity contribution is 0.389. The van der Waals surface area contributed by atoms with Crippen molar-refractivity contribution in [2.24, 2.45) is 0 Å². The Labute approximate surface area is 110 Å². The van der Waals surface area contributed by atoms with Gasteiger partial charge < -0.3 is 10.1 Å². The molecule has 2 heterocycles. The van der Waals surface area contributed by atoms with E-state index < -0.39 is 0 Å². The molecule has 0 aliphatic heterocycles. The second kappa shape index (κ2) is 6.42. The van der Waals surface area contributed by atoms with Gasteiger partial charge in [-0.3, -0.25) is 4.98 Å². The molecule has 2 aromatic heterocycles. The molecule has 0 bridgehead atoms. The first-order chi connectivity index (χ1) is 8.83. The number of hydrogen-bond donors (Lipinski definition) is 1. The average molecular weight is 264 g/mol. The highest BCUT2D eigenvalue weighted by Gasteiger charge is 2.14. The Morgan fingerprint density at radius 3 is 2.83 bits per heavy atom. The summed E-state index contributed by atoms with van der Waals surface area (Å²) in [7, 11) is 1.59. The fourth-order valence-corrected chi connectivity index (χ4v) is 2.34. The van der Waals surface area contributed by atoms with Gasteiger partial charge in [0.15, 0.2) is 0 Å². The van der Waals surface area contributed by atoms with E-state index in [9.17, 15) is 0 Å². The van der Waals surface area contributed by atoms with Gasteiger partial charge in [0.2, 0.25) is 5.88 Å². The number of rotatable bonds is 6. The molecule has 2 rings (SSSR count). The molecule has 0 saturated carbocycles. The van der Waals surface area contributed by atoms with Gasteiger partial charge in [-0.25, -0.2) is 0 Å². The maximum Gasteiger partial charge on any atom is 0.233 e. The molecule has 0 radical (unpaired) electrons. The maximum absolute atomic E-state index is 5.01. The summed E-state index contributed by atoms with van der Waals surface area (Å²) in [6, 6.07) is 3.94. The number of ether oxygens (including phenoxy) is 1. The summed E-state index contributed by atoms with van der Waals surface area (Å²) < 4.78 is 5.01. The summed E-state index contributed by atoms with van der Waals surface area (Å²) in [5.74, 6) is 0.534. The lowest BCUT2D eigenvalue weighted by Crippen LogP contribution is -2.23. The normalized spacial score (nSPS) is 12.3. The molecule has 0 spiro atoms. The Morgan fingerprint density at radius 2 is 2.28 bits per heavy atom. The van der Waals surface area contributed by atoms with Gasteiger partial charge in [-0.2, -0.15) is 5.10 Å². The number of nitrogens with one attached hydrogen (secondary N) is 1. The number of nitrogens with zero attached hydrogens (tertiary/aromatic N) is 3. The van der Waals surface area contributed by atoms with E-state index in [1.807, 2.05) is 23.8 Å². The van der Waals surface area contributed by atoms with Gasteiger partial charge >= 0.3 is 0 Å². The maximum atomic E-state index is 5.01. The molecular formula is C12H16N4OS. The van der Waals surface area contributed by atoms with E-state index in [0.717, 1.165) is 18.7 Å². The lowest BCUT2D eigenvalue weighted by atomic mass is 10.1. The van der Waals surface area contributed by atoms with Crippen molar-refractivity contribution < 1.29 is 4.74 Å². The minimum absolute atomic E-state index is 0.161. The minimum Gasteiger partial charge on any atom is -0.480 e. The third kappa shape index (κ3) is 3.24. The van der Waals surface area contributed by atoms with Crippen LogP contribution in [-0.4, -0.2) is 28.8 Å². The molecule has 0 aromatic carbocycles. The largest absolute Gasteiger partial charge is 0.480 e. The first-order valence-electron chi connectivity index (χ1n) is 5.81. The van der Waals surface area contributed by atoms with Crippen LogP contribution >= 0.6 is 11.3 Å². The molecule has 1 N–H and O–H groups in total. The van der Waals surface area contributed by atoms with Crippen molar-refractivity contribution in [3.8, 4) is 5.88 Å². The Hall–Kier alpha value is -1.53. The lowest BCUT2D eigenvalue weighted by Gasteiger charge is -2.15. The zero-order valence-electron chi connectivity index (χ0n) is 10.5. The SMILES string of the molecule is CCNC(Cc1cncs1)c1ccc(OC)nn1. The Morgan fingerprint density at radius 1 is 1.39 bits per heavy atom. The van der Waals surface area contributed by atoms with Gasteiger partial charge in [-0.1, -0.05) is 6.92 Å². The van der Waals surface area contributed by atoms with Crippen LogP contribution in [0.1, 0.15) is 23.5 Å². The minimum atomic E-state index is 0.161.